The first-order valence-electron chi connectivity index (χ1n) is 10.4. The number of hydrogen-bond donors (Lipinski definition) is 2. The van der Waals surface area contributed by atoms with Gasteiger partial charge in [0.15, 0.2) is 5.17 Å². The molecular formula is C26H23N3O3S. The van der Waals surface area contributed by atoms with Crippen molar-refractivity contribution in [3.8, 4) is 5.75 Å². The summed E-state index contributed by atoms with van der Waals surface area (Å²) in [5, 5.41) is 6.01. The first kappa shape index (κ1) is 22.4. The lowest BCUT2D eigenvalue weighted by Gasteiger charge is -2.10. The van der Waals surface area contributed by atoms with Crippen molar-refractivity contribution < 1.29 is 14.3 Å². The largest absolute Gasteiger partial charge is 0.488 e. The van der Waals surface area contributed by atoms with Crippen molar-refractivity contribution in [1.29, 1.82) is 0 Å². The fourth-order valence-corrected chi connectivity index (χ4v) is 3.97. The molecule has 0 unspecified atom stereocenters. The van der Waals surface area contributed by atoms with Gasteiger partial charge in [0.2, 0.25) is 5.91 Å². The number of amidine groups is 1. The molecule has 0 bridgehead atoms. The summed E-state index contributed by atoms with van der Waals surface area (Å²) in [6.07, 6.45) is 1.81. The van der Waals surface area contributed by atoms with Gasteiger partial charge in [-0.15, -0.1) is 0 Å². The van der Waals surface area contributed by atoms with E-state index in [2.05, 4.69) is 34.7 Å². The van der Waals surface area contributed by atoms with Crippen LogP contribution in [0.3, 0.4) is 0 Å². The normalized spacial score (nSPS) is 15.5. The van der Waals surface area contributed by atoms with E-state index in [1.54, 1.807) is 24.3 Å². The highest BCUT2D eigenvalue weighted by Gasteiger charge is 2.24. The Morgan fingerprint density at radius 2 is 1.79 bits per heavy atom. The molecule has 166 valence electrons. The predicted molar refractivity (Wildman–Crippen MR) is 134 cm³/mol. The molecule has 0 aliphatic carbocycles. The van der Waals surface area contributed by atoms with Crippen molar-refractivity contribution in [1.82, 2.24) is 5.32 Å². The fourth-order valence-electron chi connectivity index (χ4n) is 3.14. The van der Waals surface area contributed by atoms with Crippen LogP contribution in [0.2, 0.25) is 0 Å². The standard InChI is InChI=1S/C26H23N3O3S/c1-17-7-9-19(10-8-17)16-32-23-6-4-3-5-20(23)15-24-25(31)29-26(33-24)28-22-13-11-21(12-14-22)27-18(2)30/h3-15H,16H2,1-2H3,(H,27,30)(H,28,29,31). The number of nitrogens with zero attached hydrogens (tertiary/aromatic N) is 1. The lowest BCUT2D eigenvalue weighted by molar-refractivity contribution is -0.115. The van der Waals surface area contributed by atoms with E-state index < -0.39 is 0 Å². The molecular weight excluding hydrogens is 434 g/mol. The second kappa shape index (κ2) is 10.2. The Labute approximate surface area is 196 Å². The van der Waals surface area contributed by atoms with Crippen molar-refractivity contribution >= 4 is 46.2 Å². The average molecular weight is 458 g/mol. The van der Waals surface area contributed by atoms with Crippen LogP contribution in [0, 0.1) is 6.92 Å². The summed E-state index contributed by atoms with van der Waals surface area (Å²) in [6, 6.07) is 22.9. The molecule has 3 aromatic rings. The Kier molecular flexibility index (Phi) is 6.90. The summed E-state index contributed by atoms with van der Waals surface area (Å²) < 4.78 is 6.02. The highest BCUT2D eigenvalue weighted by atomic mass is 32.2. The number of rotatable bonds is 6. The van der Waals surface area contributed by atoms with E-state index in [0.29, 0.717) is 33.8 Å². The Morgan fingerprint density at radius 3 is 2.52 bits per heavy atom. The van der Waals surface area contributed by atoms with E-state index in [0.717, 1.165) is 11.1 Å². The number of amides is 2. The molecule has 3 aromatic carbocycles. The zero-order valence-electron chi connectivity index (χ0n) is 18.3. The number of benzene rings is 3. The van der Waals surface area contributed by atoms with E-state index in [1.807, 2.05) is 42.5 Å². The lowest BCUT2D eigenvalue weighted by atomic mass is 10.1. The SMILES string of the molecule is CC(=O)Nc1ccc(N=C2NC(=O)C(=Cc3ccccc3OCc3ccc(C)cc3)S2)cc1. The van der Waals surface area contributed by atoms with E-state index in [9.17, 15) is 9.59 Å². The molecule has 2 amide bonds. The van der Waals surface area contributed by atoms with Crippen molar-refractivity contribution in [3.63, 3.8) is 0 Å². The number of aliphatic imine (C=N–C) groups is 1. The molecule has 6 nitrogen and oxygen atoms in total. The van der Waals surface area contributed by atoms with Crippen molar-refractivity contribution in [2.45, 2.75) is 20.5 Å². The van der Waals surface area contributed by atoms with Crippen molar-refractivity contribution in [2.75, 3.05) is 5.32 Å². The van der Waals surface area contributed by atoms with Crippen LogP contribution in [-0.4, -0.2) is 17.0 Å². The highest BCUT2D eigenvalue weighted by molar-refractivity contribution is 8.18. The van der Waals surface area contributed by atoms with E-state index >= 15 is 0 Å². The molecule has 1 heterocycles. The summed E-state index contributed by atoms with van der Waals surface area (Å²) in [4.78, 5) is 28.7. The van der Waals surface area contributed by atoms with E-state index in [1.165, 1.54) is 24.2 Å². The van der Waals surface area contributed by atoms with Gasteiger partial charge in [-0.3, -0.25) is 9.59 Å². The van der Waals surface area contributed by atoms with Crippen LogP contribution >= 0.6 is 11.8 Å². The molecule has 0 aromatic heterocycles. The zero-order valence-corrected chi connectivity index (χ0v) is 19.1. The Morgan fingerprint density at radius 1 is 1.06 bits per heavy atom. The van der Waals surface area contributed by atoms with Gasteiger partial charge in [-0.1, -0.05) is 48.0 Å². The van der Waals surface area contributed by atoms with Crippen LogP contribution < -0.4 is 15.4 Å². The highest BCUT2D eigenvalue weighted by Crippen LogP contribution is 2.31. The third kappa shape index (κ3) is 6.11. The Bertz CT molecular complexity index is 1230. The van der Waals surface area contributed by atoms with Gasteiger partial charge in [-0.05, 0) is 60.7 Å². The van der Waals surface area contributed by atoms with Gasteiger partial charge >= 0.3 is 0 Å². The maximum atomic E-state index is 12.5. The van der Waals surface area contributed by atoms with Gasteiger partial charge in [0.1, 0.15) is 12.4 Å². The predicted octanol–water partition coefficient (Wildman–Crippen LogP) is 5.42. The minimum atomic E-state index is -0.207. The molecule has 1 aliphatic heterocycles. The maximum Gasteiger partial charge on any atom is 0.264 e. The van der Waals surface area contributed by atoms with Gasteiger partial charge in [0, 0.05) is 18.2 Å². The number of para-hydroxylation sites is 1. The number of carbonyl (C=O) groups is 2. The third-order valence-corrected chi connectivity index (χ3v) is 5.70. The lowest BCUT2D eigenvalue weighted by Crippen LogP contribution is -2.19. The molecule has 1 saturated heterocycles. The number of hydrogen-bond acceptors (Lipinski definition) is 5. The first-order chi connectivity index (χ1) is 16.0. The quantitative estimate of drug-likeness (QED) is 0.484. The maximum absolute atomic E-state index is 12.5. The smallest absolute Gasteiger partial charge is 0.264 e. The minimum absolute atomic E-state index is 0.134. The first-order valence-corrected chi connectivity index (χ1v) is 11.2. The summed E-state index contributed by atoms with van der Waals surface area (Å²) in [5.41, 5.74) is 4.47. The summed E-state index contributed by atoms with van der Waals surface area (Å²) in [5.74, 6) is 0.366. The number of ether oxygens (including phenoxy) is 1. The molecule has 7 heteroatoms. The minimum Gasteiger partial charge on any atom is -0.488 e. The number of nitrogens with one attached hydrogen (secondary N) is 2. The second-order valence-electron chi connectivity index (χ2n) is 7.52. The molecule has 2 N–H and O–H groups in total. The van der Waals surface area contributed by atoms with Crippen LogP contribution in [0.5, 0.6) is 5.75 Å². The Balaban J connectivity index is 1.47. The average Bonchev–Trinajstić information content (AvgIpc) is 3.14. The molecule has 0 saturated carbocycles. The summed E-state index contributed by atoms with van der Waals surface area (Å²) in [7, 11) is 0. The zero-order chi connectivity index (χ0) is 23.2. The monoisotopic (exact) mass is 457 g/mol. The van der Waals surface area contributed by atoms with Crippen LogP contribution in [0.1, 0.15) is 23.6 Å². The van der Waals surface area contributed by atoms with Gasteiger partial charge in [-0.2, -0.15) is 0 Å². The van der Waals surface area contributed by atoms with Crippen LogP contribution in [0.25, 0.3) is 6.08 Å². The molecule has 33 heavy (non-hydrogen) atoms. The topological polar surface area (TPSA) is 79.8 Å². The van der Waals surface area contributed by atoms with Crippen LogP contribution in [0.15, 0.2) is 82.7 Å². The van der Waals surface area contributed by atoms with Gasteiger partial charge < -0.3 is 15.4 Å². The van der Waals surface area contributed by atoms with Crippen LogP contribution in [-0.2, 0) is 16.2 Å². The number of carbonyl (C=O) groups excluding carboxylic acids is 2. The summed E-state index contributed by atoms with van der Waals surface area (Å²) in [6.45, 7) is 3.95. The molecule has 4 rings (SSSR count). The number of aryl methyl sites for hydroxylation is 1. The molecule has 1 fully saturated rings. The van der Waals surface area contributed by atoms with Crippen LogP contribution in [0.4, 0.5) is 11.4 Å². The van der Waals surface area contributed by atoms with E-state index in [4.69, 9.17) is 4.74 Å². The van der Waals surface area contributed by atoms with Gasteiger partial charge in [-0.25, -0.2) is 4.99 Å². The van der Waals surface area contributed by atoms with Gasteiger partial charge in [0.25, 0.3) is 5.91 Å². The van der Waals surface area contributed by atoms with Crippen molar-refractivity contribution in [3.05, 3.63) is 94.4 Å². The number of anilines is 1. The second-order valence-corrected chi connectivity index (χ2v) is 8.55. The molecule has 0 radical (unpaired) electrons. The fraction of sp³-hybridized carbons (Fsp3) is 0.115. The van der Waals surface area contributed by atoms with Crippen molar-refractivity contribution in [2.24, 2.45) is 4.99 Å². The molecule has 1 aliphatic rings. The Hall–Kier alpha value is -3.84. The van der Waals surface area contributed by atoms with Gasteiger partial charge in [0.05, 0.1) is 10.6 Å². The number of thioether (sulfide) groups is 1. The van der Waals surface area contributed by atoms with E-state index in [-0.39, 0.29) is 11.8 Å². The molecule has 0 spiro atoms. The third-order valence-electron chi connectivity index (χ3n) is 4.79. The molecule has 0 atom stereocenters. The summed E-state index contributed by atoms with van der Waals surface area (Å²) >= 11 is 1.27.